The van der Waals surface area contributed by atoms with Crippen molar-refractivity contribution < 1.29 is 19.1 Å². The highest BCUT2D eigenvalue weighted by Crippen LogP contribution is 1.91. The number of methoxy groups -OCH3 is 1. The van der Waals surface area contributed by atoms with E-state index in [9.17, 15) is 9.59 Å². The minimum atomic E-state index is -0.979. The molecule has 6 heteroatoms. The predicted molar refractivity (Wildman–Crippen MR) is 45.5 cm³/mol. The molecule has 1 atom stereocenters. The summed E-state index contributed by atoms with van der Waals surface area (Å²) in [6.07, 6.45) is 0.0211. The fourth-order valence-electron chi connectivity index (χ4n) is 0.583. The Kier molecular flexibility index (Phi) is 5.45. The van der Waals surface area contributed by atoms with E-state index in [1.165, 1.54) is 7.11 Å². The molecule has 13 heavy (non-hydrogen) atoms. The van der Waals surface area contributed by atoms with Crippen molar-refractivity contribution in [3.8, 4) is 0 Å². The summed E-state index contributed by atoms with van der Waals surface area (Å²) < 4.78 is 9.30. The third-order valence-corrected chi connectivity index (χ3v) is 1.11. The van der Waals surface area contributed by atoms with Crippen molar-refractivity contribution in [3.63, 3.8) is 0 Å². The molecule has 0 radical (unpaired) electrons. The second kappa shape index (κ2) is 6.13. The van der Waals surface area contributed by atoms with E-state index in [-0.39, 0.29) is 6.61 Å². The van der Waals surface area contributed by atoms with Gasteiger partial charge in [-0.2, -0.15) is 0 Å². The first-order valence-corrected chi connectivity index (χ1v) is 3.64. The Morgan fingerprint density at radius 2 is 2.23 bits per heavy atom. The SMILES string of the molecule is CCOC(=O)C(C=NC(N)=O)OC. The lowest BCUT2D eigenvalue weighted by Gasteiger charge is -2.07. The summed E-state index contributed by atoms with van der Waals surface area (Å²) in [7, 11) is 1.30. The topological polar surface area (TPSA) is 91.0 Å². The number of nitrogens with two attached hydrogens (primary N) is 1. The number of hydrogen-bond acceptors (Lipinski definition) is 4. The number of aliphatic imine (C=N–C) groups is 1. The van der Waals surface area contributed by atoms with E-state index in [0.29, 0.717) is 0 Å². The summed E-state index contributed by atoms with van der Waals surface area (Å²) in [4.78, 5) is 24.4. The number of primary amides is 1. The van der Waals surface area contributed by atoms with Gasteiger partial charge in [0.05, 0.1) is 12.8 Å². The van der Waals surface area contributed by atoms with Crippen LogP contribution in [0.3, 0.4) is 0 Å². The normalized spacial score (nSPS) is 12.8. The van der Waals surface area contributed by atoms with Gasteiger partial charge in [-0.3, -0.25) is 0 Å². The summed E-state index contributed by atoms with van der Waals surface area (Å²) in [6, 6.07) is -0.883. The Bertz CT molecular complexity index is 215. The molecule has 0 fully saturated rings. The molecule has 0 aromatic carbocycles. The maximum atomic E-state index is 11.0. The molecule has 6 nitrogen and oxygen atoms in total. The van der Waals surface area contributed by atoms with Gasteiger partial charge in [-0.1, -0.05) is 0 Å². The fraction of sp³-hybridized carbons (Fsp3) is 0.571. The highest BCUT2D eigenvalue weighted by Gasteiger charge is 2.16. The van der Waals surface area contributed by atoms with Crippen LogP contribution in [0, 0.1) is 0 Å². The van der Waals surface area contributed by atoms with Crippen molar-refractivity contribution >= 4 is 18.2 Å². The zero-order valence-electron chi connectivity index (χ0n) is 7.52. The second-order valence-corrected chi connectivity index (χ2v) is 2.02. The first-order valence-electron chi connectivity index (χ1n) is 3.64. The highest BCUT2D eigenvalue weighted by atomic mass is 16.6. The molecule has 0 saturated heterocycles. The molecule has 0 rings (SSSR count). The zero-order valence-corrected chi connectivity index (χ0v) is 7.52. The van der Waals surface area contributed by atoms with E-state index in [2.05, 4.69) is 14.5 Å². The lowest BCUT2D eigenvalue weighted by Crippen LogP contribution is -2.27. The number of carbonyl (C=O) groups is 2. The van der Waals surface area contributed by atoms with Gasteiger partial charge in [-0.15, -0.1) is 0 Å². The molecule has 2 amide bonds. The van der Waals surface area contributed by atoms with Gasteiger partial charge < -0.3 is 15.2 Å². The lowest BCUT2D eigenvalue weighted by atomic mass is 10.4. The number of nitrogens with zero attached hydrogens (tertiary/aromatic N) is 1. The number of carbonyl (C=O) groups excluding carboxylic acids is 2. The molecule has 0 bridgehead atoms. The molecule has 0 aliphatic heterocycles. The third kappa shape index (κ3) is 4.91. The van der Waals surface area contributed by atoms with E-state index in [0.717, 1.165) is 6.21 Å². The molecule has 0 aromatic heterocycles. The van der Waals surface area contributed by atoms with Gasteiger partial charge in [-0.25, -0.2) is 14.6 Å². The van der Waals surface area contributed by atoms with Crippen molar-refractivity contribution in [1.29, 1.82) is 0 Å². The summed E-state index contributed by atoms with van der Waals surface area (Å²) in [6.45, 7) is 1.90. The quantitative estimate of drug-likeness (QED) is 0.485. The van der Waals surface area contributed by atoms with Gasteiger partial charge in [0, 0.05) is 7.11 Å². The van der Waals surface area contributed by atoms with Gasteiger partial charge in [0.25, 0.3) is 0 Å². The Morgan fingerprint density at radius 1 is 1.62 bits per heavy atom. The molecule has 0 saturated carbocycles. The second-order valence-electron chi connectivity index (χ2n) is 2.02. The number of esters is 1. The molecular weight excluding hydrogens is 176 g/mol. The molecule has 0 aromatic rings. The summed E-state index contributed by atoms with van der Waals surface area (Å²) >= 11 is 0. The molecule has 0 aliphatic carbocycles. The van der Waals surface area contributed by atoms with Crippen LogP contribution in [-0.4, -0.2) is 38.0 Å². The summed E-state index contributed by atoms with van der Waals surface area (Å²) in [5, 5.41) is 0. The maximum Gasteiger partial charge on any atom is 0.340 e. The minimum absolute atomic E-state index is 0.239. The number of urea groups is 1. The largest absolute Gasteiger partial charge is 0.464 e. The molecule has 0 heterocycles. The zero-order chi connectivity index (χ0) is 10.3. The molecule has 2 N–H and O–H groups in total. The van der Waals surface area contributed by atoms with Crippen molar-refractivity contribution in [3.05, 3.63) is 0 Å². The van der Waals surface area contributed by atoms with E-state index >= 15 is 0 Å². The number of amides is 2. The summed E-state index contributed by atoms with van der Waals surface area (Å²) in [5.74, 6) is -0.602. The summed E-state index contributed by atoms with van der Waals surface area (Å²) in [5.41, 5.74) is 4.73. The van der Waals surface area contributed by atoms with Crippen LogP contribution in [0.15, 0.2) is 4.99 Å². The van der Waals surface area contributed by atoms with Crippen molar-refractivity contribution in [1.82, 2.24) is 0 Å². The van der Waals surface area contributed by atoms with Crippen LogP contribution in [0.4, 0.5) is 4.79 Å². The van der Waals surface area contributed by atoms with E-state index < -0.39 is 18.1 Å². The van der Waals surface area contributed by atoms with Crippen LogP contribution in [0.1, 0.15) is 6.92 Å². The maximum absolute atomic E-state index is 11.0. The molecule has 0 spiro atoms. The van der Waals surface area contributed by atoms with Gasteiger partial charge in [0.15, 0.2) is 6.10 Å². The van der Waals surface area contributed by atoms with Gasteiger partial charge in [-0.05, 0) is 6.92 Å². The lowest BCUT2D eigenvalue weighted by molar-refractivity contribution is -0.150. The fourth-order valence-corrected chi connectivity index (χ4v) is 0.583. The number of rotatable bonds is 4. The van der Waals surface area contributed by atoms with Crippen LogP contribution in [0.2, 0.25) is 0 Å². The van der Waals surface area contributed by atoms with Gasteiger partial charge in [0.2, 0.25) is 0 Å². The van der Waals surface area contributed by atoms with E-state index in [1.54, 1.807) is 6.92 Å². The number of ether oxygens (including phenoxy) is 2. The average Bonchev–Trinajstić information content (AvgIpc) is 2.05. The van der Waals surface area contributed by atoms with Crippen LogP contribution in [-0.2, 0) is 14.3 Å². The van der Waals surface area contributed by atoms with Crippen molar-refractivity contribution in [2.75, 3.05) is 13.7 Å². The molecule has 1 unspecified atom stereocenters. The molecule has 74 valence electrons. The van der Waals surface area contributed by atoms with E-state index in [4.69, 9.17) is 5.73 Å². The van der Waals surface area contributed by atoms with Crippen LogP contribution in [0.5, 0.6) is 0 Å². The Balaban J connectivity index is 4.17. The van der Waals surface area contributed by atoms with Crippen LogP contribution in [0.25, 0.3) is 0 Å². The smallest absolute Gasteiger partial charge is 0.340 e. The van der Waals surface area contributed by atoms with Crippen LogP contribution >= 0.6 is 0 Å². The average molecular weight is 188 g/mol. The molecular formula is C7H12N2O4. The Labute approximate surface area is 75.7 Å². The Morgan fingerprint density at radius 3 is 2.62 bits per heavy atom. The first kappa shape index (κ1) is 11.6. The number of hydrogen-bond donors (Lipinski definition) is 1. The van der Waals surface area contributed by atoms with E-state index in [1.807, 2.05) is 0 Å². The predicted octanol–water partition coefficient (Wildman–Crippen LogP) is -0.286. The van der Waals surface area contributed by atoms with Crippen molar-refractivity contribution in [2.45, 2.75) is 13.0 Å². The third-order valence-electron chi connectivity index (χ3n) is 1.11. The van der Waals surface area contributed by atoms with Crippen LogP contribution < -0.4 is 5.73 Å². The first-order chi connectivity index (χ1) is 6.11. The Hall–Kier alpha value is -1.43. The van der Waals surface area contributed by atoms with Gasteiger partial charge >= 0.3 is 12.0 Å². The standard InChI is InChI=1S/C7H12N2O4/c1-3-13-6(10)5(12-2)4-9-7(8)11/h4-5H,3H2,1-2H3,(H2,8,11). The van der Waals surface area contributed by atoms with Gasteiger partial charge in [0.1, 0.15) is 0 Å². The minimum Gasteiger partial charge on any atom is -0.464 e. The monoisotopic (exact) mass is 188 g/mol. The molecule has 0 aliphatic rings. The van der Waals surface area contributed by atoms with Crippen molar-refractivity contribution in [2.24, 2.45) is 10.7 Å². The highest BCUT2D eigenvalue weighted by molar-refractivity contribution is 5.96.